The van der Waals surface area contributed by atoms with E-state index >= 15 is 0 Å². The molecule has 0 bridgehead atoms. The Bertz CT molecular complexity index is 1390. The summed E-state index contributed by atoms with van der Waals surface area (Å²) in [6.07, 6.45) is 2.78. The Morgan fingerprint density at radius 3 is 2.72 bits per heavy atom. The van der Waals surface area contributed by atoms with E-state index in [0.717, 1.165) is 34.4 Å². The van der Waals surface area contributed by atoms with Crippen LogP contribution in [0.15, 0.2) is 48.8 Å². The van der Waals surface area contributed by atoms with Crippen LogP contribution in [0.25, 0.3) is 11.2 Å². The molecule has 0 saturated heterocycles. The Kier molecular flexibility index (Phi) is 4.90. The molecule has 5 rings (SSSR count). The summed E-state index contributed by atoms with van der Waals surface area (Å²) in [7, 11) is -2.50. The Morgan fingerprint density at radius 2 is 1.88 bits per heavy atom. The molecule has 2 aromatic heterocycles. The minimum absolute atomic E-state index is 0.0122. The molecule has 2 aromatic carbocycles. The number of carbonyl (C=O) groups excluding carboxylic acids is 1. The number of nitrogens with zero attached hydrogens (tertiary/aromatic N) is 3. The van der Waals surface area contributed by atoms with Gasteiger partial charge in [0.2, 0.25) is 11.9 Å². The summed E-state index contributed by atoms with van der Waals surface area (Å²) < 4.78 is 12.8. The first-order valence-corrected chi connectivity index (χ1v) is 12.8. The van der Waals surface area contributed by atoms with E-state index in [2.05, 4.69) is 35.9 Å². The van der Waals surface area contributed by atoms with Crippen molar-refractivity contribution in [2.75, 3.05) is 29.3 Å². The van der Waals surface area contributed by atoms with Gasteiger partial charge in [-0.05, 0) is 49.6 Å². The third-order valence-electron chi connectivity index (χ3n) is 5.28. The van der Waals surface area contributed by atoms with Crippen molar-refractivity contribution in [2.45, 2.75) is 12.8 Å². The number of benzene rings is 2. The van der Waals surface area contributed by atoms with Crippen LogP contribution in [0.1, 0.15) is 12.0 Å². The number of carbonyl (C=O) groups is 1. The van der Waals surface area contributed by atoms with Crippen molar-refractivity contribution >= 4 is 58.3 Å². The number of aromatic amines is 1. The van der Waals surface area contributed by atoms with Gasteiger partial charge in [-0.3, -0.25) is 4.79 Å². The molecule has 0 fully saturated rings. The molecule has 3 heterocycles. The Morgan fingerprint density at radius 1 is 1.03 bits per heavy atom. The van der Waals surface area contributed by atoms with Gasteiger partial charge in [-0.15, -0.1) is 0 Å². The topological polar surface area (TPSA) is 125 Å². The first kappa shape index (κ1) is 20.2. The molecule has 0 unspecified atom stereocenters. The highest BCUT2D eigenvalue weighted by Gasteiger charge is 2.19. The standard InChI is InChI=1S/C22H22N7O2P/c1-32(2,31)17-6-4-3-5-15(17)27-21-19-20(24-12-23-19)28-22(29-21)25-14-9-7-13-8-10-18(30)26-16(13)11-14/h3-7,9,11-12H,8,10H2,1-2H3,(H,26,30)(H3,23,24,25,27,28,29). The van der Waals surface area contributed by atoms with E-state index in [1.807, 2.05) is 42.5 Å². The number of para-hydroxylation sites is 1. The largest absolute Gasteiger partial charge is 0.340 e. The lowest BCUT2D eigenvalue weighted by molar-refractivity contribution is -0.116. The lowest BCUT2D eigenvalue weighted by Gasteiger charge is -2.18. The molecular formula is C22H22N7O2P. The Balaban J connectivity index is 1.50. The number of anilines is 5. The number of imidazole rings is 1. The van der Waals surface area contributed by atoms with Gasteiger partial charge in [-0.2, -0.15) is 9.97 Å². The molecular weight excluding hydrogens is 425 g/mol. The molecule has 1 aliphatic rings. The molecule has 10 heteroatoms. The summed E-state index contributed by atoms with van der Waals surface area (Å²) in [5.74, 6) is 0.878. The van der Waals surface area contributed by atoms with Crippen LogP contribution in [0.2, 0.25) is 0 Å². The normalized spacial score (nSPS) is 13.5. The SMILES string of the molecule is CP(C)(=O)c1ccccc1Nc1nc(Nc2ccc3c(c2)NC(=O)CC3)nc2nc[nH]c12. The van der Waals surface area contributed by atoms with Crippen LogP contribution in [0.3, 0.4) is 0 Å². The van der Waals surface area contributed by atoms with Gasteiger partial charge in [0.05, 0.1) is 12.0 Å². The van der Waals surface area contributed by atoms with Gasteiger partial charge in [-0.1, -0.05) is 18.2 Å². The van der Waals surface area contributed by atoms with Crippen LogP contribution in [-0.2, 0) is 15.8 Å². The van der Waals surface area contributed by atoms with Crippen LogP contribution in [0, 0.1) is 0 Å². The average Bonchev–Trinajstić information content (AvgIpc) is 3.22. The van der Waals surface area contributed by atoms with Crippen molar-refractivity contribution in [3.8, 4) is 0 Å². The molecule has 0 spiro atoms. The molecule has 0 saturated carbocycles. The van der Waals surface area contributed by atoms with E-state index in [-0.39, 0.29) is 5.91 Å². The van der Waals surface area contributed by atoms with Gasteiger partial charge in [0.25, 0.3) is 0 Å². The number of hydrogen-bond donors (Lipinski definition) is 4. The zero-order valence-corrected chi connectivity index (χ0v) is 18.5. The zero-order chi connectivity index (χ0) is 22.3. The number of rotatable bonds is 5. The molecule has 4 aromatic rings. The van der Waals surface area contributed by atoms with Gasteiger partial charge in [0.1, 0.15) is 12.7 Å². The predicted octanol–water partition coefficient (Wildman–Crippen LogP) is 3.97. The van der Waals surface area contributed by atoms with Crippen molar-refractivity contribution in [1.82, 2.24) is 19.9 Å². The summed E-state index contributed by atoms with van der Waals surface area (Å²) in [6, 6.07) is 13.3. The van der Waals surface area contributed by atoms with Crippen LogP contribution in [-0.4, -0.2) is 39.2 Å². The summed E-state index contributed by atoms with van der Waals surface area (Å²) in [5, 5.41) is 10.1. The maximum absolute atomic E-state index is 12.8. The second kappa shape index (κ2) is 7.76. The summed E-state index contributed by atoms with van der Waals surface area (Å²) in [5.41, 5.74) is 4.49. The molecule has 4 N–H and O–H groups in total. The minimum Gasteiger partial charge on any atom is -0.340 e. The molecule has 9 nitrogen and oxygen atoms in total. The molecule has 1 aliphatic heterocycles. The van der Waals surface area contributed by atoms with Crippen molar-refractivity contribution in [3.05, 3.63) is 54.4 Å². The molecule has 0 aliphatic carbocycles. The number of H-pyrrole nitrogens is 1. The summed E-state index contributed by atoms with van der Waals surface area (Å²) >= 11 is 0. The number of fused-ring (bicyclic) bond motifs is 2. The number of nitrogens with one attached hydrogen (secondary N) is 4. The van der Waals surface area contributed by atoms with Gasteiger partial charge >= 0.3 is 0 Å². The predicted molar refractivity (Wildman–Crippen MR) is 127 cm³/mol. The third kappa shape index (κ3) is 3.94. The van der Waals surface area contributed by atoms with E-state index < -0.39 is 7.14 Å². The maximum Gasteiger partial charge on any atom is 0.231 e. The van der Waals surface area contributed by atoms with Gasteiger partial charge in [0, 0.05) is 23.1 Å². The second-order valence-corrected chi connectivity index (χ2v) is 11.2. The van der Waals surface area contributed by atoms with Crippen LogP contribution >= 0.6 is 7.14 Å². The maximum atomic E-state index is 12.8. The first-order valence-electron chi connectivity index (χ1n) is 10.2. The van der Waals surface area contributed by atoms with Gasteiger partial charge < -0.3 is 25.5 Å². The molecule has 162 valence electrons. The van der Waals surface area contributed by atoms with Crippen molar-refractivity contribution in [1.29, 1.82) is 0 Å². The van der Waals surface area contributed by atoms with E-state index in [1.54, 1.807) is 19.7 Å². The Labute approximate surface area is 184 Å². The average molecular weight is 447 g/mol. The number of hydrogen-bond acceptors (Lipinski definition) is 7. The number of aromatic nitrogens is 4. The fourth-order valence-corrected chi connectivity index (χ4v) is 4.89. The molecule has 0 atom stereocenters. The zero-order valence-electron chi connectivity index (χ0n) is 17.6. The summed E-state index contributed by atoms with van der Waals surface area (Å²) in [4.78, 5) is 28.2. The quantitative estimate of drug-likeness (QED) is 0.341. The minimum atomic E-state index is -2.50. The van der Waals surface area contributed by atoms with E-state index in [4.69, 9.17) is 0 Å². The molecule has 0 radical (unpaired) electrons. The first-order chi connectivity index (χ1) is 15.4. The second-order valence-electron chi connectivity index (χ2n) is 8.04. The fourth-order valence-electron chi connectivity index (χ4n) is 3.73. The number of aryl methyl sites for hydroxylation is 1. The van der Waals surface area contributed by atoms with Gasteiger partial charge in [-0.25, -0.2) is 4.98 Å². The molecule has 1 amide bonds. The van der Waals surface area contributed by atoms with Crippen LogP contribution < -0.4 is 21.3 Å². The van der Waals surface area contributed by atoms with Crippen LogP contribution in [0.5, 0.6) is 0 Å². The lowest BCUT2D eigenvalue weighted by atomic mass is 10.0. The number of amides is 1. The lowest BCUT2D eigenvalue weighted by Crippen LogP contribution is -2.18. The van der Waals surface area contributed by atoms with E-state index in [1.165, 1.54) is 0 Å². The smallest absolute Gasteiger partial charge is 0.231 e. The van der Waals surface area contributed by atoms with E-state index in [9.17, 15) is 9.36 Å². The van der Waals surface area contributed by atoms with Crippen molar-refractivity contribution in [3.63, 3.8) is 0 Å². The Hall–Kier alpha value is -3.71. The summed E-state index contributed by atoms with van der Waals surface area (Å²) in [6.45, 7) is 3.47. The van der Waals surface area contributed by atoms with E-state index in [0.29, 0.717) is 29.4 Å². The third-order valence-corrected chi connectivity index (χ3v) is 6.83. The van der Waals surface area contributed by atoms with Gasteiger partial charge in [0.15, 0.2) is 11.5 Å². The van der Waals surface area contributed by atoms with Crippen LogP contribution in [0.4, 0.5) is 28.8 Å². The monoisotopic (exact) mass is 447 g/mol. The molecule has 32 heavy (non-hydrogen) atoms. The van der Waals surface area contributed by atoms with Crippen molar-refractivity contribution < 1.29 is 9.36 Å². The highest BCUT2D eigenvalue weighted by Crippen LogP contribution is 2.38. The highest BCUT2D eigenvalue weighted by molar-refractivity contribution is 7.70. The highest BCUT2D eigenvalue weighted by atomic mass is 31.2. The van der Waals surface area contributed by atoms with Crippen molar-refractivity contribution in [2.24, 2.45) is 0 Å². The fraction of sp³-hybridized carbons (Fsp3) is 0.182.